The summed E-state index contributed by atoms with van der Waals surface area (Å²) >= 11 is 1.62. The van der Waals surface area contributed by atoms with E-state index in [9.17, 15) is 10.2 Å². The van der Waals surface area contributed by atoms with E-state index in [-0.39, 0.29) is 0 Å². The van der Waals surface area contributed by atoms with E-state index in [1.165, 1.54) is 5.56 Å². The topological polar surface area (TPSA) is 40.5 Å². The molecule has 0 saturated carbocycles. The molecule has 0 aliphatic rings. The highest BCUT2D eigenvalue weighted by atomic mass is 32.2. The molecule has 0 amide bonds. The predicted octanol–water partition coefficient (Wildman–Crippen LogP) is 3.44. The van der Waals surface area contributed by atoms with Crippen LogP contribution in [0.15, 0.2) is 59.5 Å². The number of thioether (sulfide) groups is 1. The fourth-order valence-electron chi connectivity index (χ4n) is 2.18. The maximum Gasteiger partial charge on any atom is 0.0658 e. The standard InChI is InChI=1S/C18H22O2S/c1-14-7-9-18(10-8-14)21-13-17(20)12-16(19)11-15-5-3-2-4-6-15/h2-10,16-17,19-20H,11-13H2,1H3/t16-,17-/m1/s1. The van der Waals surface area contributed by atoms with E-state index in [1.54, 1.807) is 11.8 Å². The number of hydrogen-bond donors (Lipinski definition) is 2. The second kappa shape index (κ2) is 8.23. The van der Waals surface area contributed by atoms with Gasteiger partial charge in [-0.1, -0.05) is 48.0 Å². The predicted molar refractivity (Wildman–Crippen MR) is 88.7 cm³/mol. The van der Waals surface area contributed by atoms with Gasteiger partial charge in [-0.2, -0.15) is 0 Å². The minimum atomic E-state index is -0.499. The van der Waals surface area contributed by atoms with Gasteiger partial charge in [-0.25, -0.2) is 0 Å². The van der Waals surface area contributed by atoms with Gasteiger partial charge < -0.3 is 10.2 Å². The number of aliphatic hydroxyl groups is 2. The highest BCUT2D eigenvalue weighted by Gasteiger charge is 2.13. The summed E-state index contributed by atoms with van der Waals surface area (Å²) < 4.78 is 0. The third-order valence-corrected chi connectivity index (χ3v) is 4.48. The highest BCUT2D eigenvalue weighted by molar-refractivity contribution is 7.99. The van der Waals surface area contributed by atoms with Gasteiger partial charge in [-0.05, 0) is 31.0 Å². The fraction of sp³-hybridized carbons (Fsp3) is 0.333. The first kappa shape index (κ1) is 16.1. The lowest BCUT2D eigenvalue weighted by Gasteiger charge is -2.15. The number of rotatable bonds is 7. The van der Waals surface area contributed by atoms with Crippen molar-refractivity contribution in [2.24, 2.45) is 0 Å². The van der Waals surface area contributed by atoms with E-state index >= 15 is 0 Å². The normalized spacial score (nSPS) is 13.9. The summed E-state index contributed by atoms with van der Waals surface area (Å²) in [5, 5.41) is 20.1. The maximum absolute atomic E-state index is 10.0. The third kappa shape index (κ3) is 5.92. The Kier molecular flexibility index (Phi) is 6.30. The van der Waals surface area contributed by atoms with Crippen LogP contribution in [0.4, 0.5) is 0 Å². The molecule has 112 valence electrons. The summed E-state index contributed by atoms with van der Waals surface area (Å²) in [5.41, 5.74) is 2.33. The molecule has 0 spiro atoms. The Bertz CT molecular complexity index is 525. The van der Waals surface area contributed by atoms with E-state index in [1.807, 2.05) is 30.3 Å². The van der Waals surface area contributed by atoms with Crippen LogP contribution in [-0.4, -0.2) is 28.2 Å². The van der Waals surface area contributed by atoms with Gasteiger partial charge in [0, 0.05) is 17.1 Å². The lowest BCUT2D eigenvalue weighted by molar-refractivity contribution is 0.0932. The van der Waals surface area contributed by atoms with E-state index in [2.05, 4.69) is 31.2 Å². The molecule has 21 heavy (non-hydrogen) atoms. The summed E-state index contributed by atoms with van der Waals surface area (Å²) in [6, 6.07) is 18.1. The Balaban J connectivity index is 1.73. The largest absolute Gasteiger partial charge is 0.393 e. The van der Waals surface area contributed by atoms with Gasteiger partial charge in [-0.15, -0.1) is 11.8 Å². The van der Waals surface area contributed by atoms with Gasteiger partial charge in [0.05, 0.1) is 12.2 Å². The lowest BCUT2D eigenvalue weighted by atomic mass is 10.0. The van der Waals surface area contributed by atoms with E-state index in [0.717, 1.165) is 10.5 Å². The van der Waals surface area contributed by atoms with Crippen molar-refractivity contribution in [2.45, 2.75) is 36.9 Å². The van der Waals surface area contributed by atoms with E-state index < -0.39 is 12.2 Å². The minimum Gasteiger partial charge on any atom is -0.393 e. The second-order valence-electron chi connectivity index (χ2n) is 5.36. The molecule has 0 radical (unpaired) electrons. The van der Waals surface area contributed by atoms with Crippen molar-refractivity contribution in [3.8, 4) is 0 Å². The Morgan fingerprint density at radius 2 is 1.57 bits per heavy atom. The van der Waals surface area contributed by atoms with Crippen molar-refractivity contribution in [2.75, 3.05) is 5.75 Å². The van der Waals surface area contributed by atoms with Crippen LogP contribution in [0.25, 0.3) is 0 Å². The number of aliphatic hydroxyl groups excluding tert-OH is 2. The molecule has 2 aromatic rings. The maximum atomic E-state index is 10.0. The zero-order valence-corrected chi connectivity index (χ0v) is 13.1. The fourth-order valence-corrected chi connectivity index (χ4v) is 3.03. The van der Waals surface area contributed by atoms with Crippen LogP contribution in [0.5, 0.6) is 0 Å². The van der Waals surface area contributed by atoms with Crippen molar-refractivity contribution in [3.05, 3.63) is 65.7 Å². The highest BCUT2D eigenvalue weighted by Crippen LogP contribution is 2.20. The summed E-state index contributed by atoms with van der Waals surface area (Å²) in [7, 11) is 0. The van der Waals surface area contributed by atoms with Crippen LogP contribution in [-0.2, 0) is 6.42 Å². The average molecular weight is 302 g/mol. The Hall–Kier alpha value is -1.29. The SMILES string of the molecule is Cc1ccc(SC[C@H](O)C[C@H](O)Cc2ccccc2)cc1. The molecule has 0 unspecified atom stereocenters. The molecule has 3 heteroatoms. The summed E-state index contributed by atoms with van der Waals surface area (Å²) in [6.45, 7) is 2.06. The first-order valence-corrected chi connectivity index (χ1v) is 8.21. The monoisotopic (exact) mass is 302 g/mol. The van der Waals surface area contributed by atoms with Gasteiger partial charge in [-0.3, -0.25) is 0 Å². The Morgan fingerprint density at radius 3 is 2.24 bits per heavy atom. The molecular formula is C18H22O2S. The molecule has 2 aromatic carbocycles. The van der Waals surface area contributed by atoms with Crippen molar-refractivity contribution < 1.29 is 10.2 Å². The molecule has 2 atom stereocenters. The van der Waals surface area contributed by atoms with Gasteiger partial charge in [0.15, 0.2) is 0 Å². The van der Waals surface area contributed by atoms with Crippen LogP contribution >= 0.6 is 11.8 Å². The molecular weight excluding hydrogens is 280 g/mol. The first-order chi connectivity index (χ1) is 10.1. The minimum absolute atomic E-state index is 0.410. The van der Waals surface area contributed by atoms with E-state index in [4.69, 9.17) is 0 Å². The quantitative estimate of drug-likeness (QED) is 0.770. The molecule has 0 fully saturated rings. The molecule has 0 aliphatic heterocycles. The van der Waals surface area contributed by atoms with Crippen LogP contribution < -0.4 is 0 Å². The molecule has 0 aromatic heterocycles. The average Bonchev–Trinajstić information content (AvgIpc) is 2.47. The van der Waals surface area contributed by atoms with Crippen molar-refractivity contribution in [1.82, 2.24) is 0 Å². The van der Waals surface area contributed by atoms with Crippen LogP contribution in [0.2, 0.25) is 0 Å². The summed E-state index contributed by atoms with van der Waals surface area (Å²) in [4.78, 5) is 1.15. The molecule has 2 N–H and O–H groups in total. The van der Waals surface area contributed by atoms with Crippen LogP contribution in [0, 0.1) is 6.92 Å². The molecule has 0 saturated heterocycles. The van der Waals surface area contributed by atoms with Crippen molar-refractivity contribution in [1.29, 1.82) is 0 Å². The molecule has 0 bridgehead atoms. The van der Waals surface area contributed by atoms with Gasteiger partial charge in [0.1, 0.15) is 0 Å². The molecule has 2 nitrogen and oxygen atoms in total. The van der Waals surface area contributed by atoms with Gasteiger partial charge in [0.25, 0.3) is 0 Å². The van der Waals surface area contributed by atoms with E-state index in [0.29, 0.717) is 18.6 Å². The van der Waals surface area contributed by atoms with Crippen LogP contribution in [0.3, 0.4) is 0 Å². The summed E-state index contributed by atoms with van der Waals surface area (Å²) in [6.07, 6.45) is 0.0111. The molecule has 0 heterocycles. The number of benzene rings is 2. The Morgan fingerprint density at radius 1 is 0.905 bits per heavy atom. The number of aryl methyl sites for hydroxylation is 1. The Labute approximate surface area is 130 Å². The third-order valence-electron chi connectivity index (χ3n) is 3.32. The summed E-state index contributed by atoms with van der Waals surface area (Å²) in [5.74, 6) is 0.606. The zero-order chi connectivity index (χ0) is 15.1. The zero-order valence-electron chi connectivity index (χ0n) is 12.3. The lowest BCUT2D eigenvalue weighted by Crippen LogP contribution is -2.21. The molecule has 0 aliphatic carbocycles. The van der Waals surface area contributed by atoms with Gasteiger partial charge >= 0.3 is 0 Å². The second-order valence-corrected chi connectivity index (χ2v) is 6.45. The smallest absolute Gasteiger partial charge is 0.0658 e. The first-order valence-electron chi connectivity index (χ1n) is 7.23. The van der Waals surface area contributed by atoms with Gasteiger partial charge in [0.2, 0.25) is 0 Å². The van der Waals surface area contributed by atoms with Crippen molar-refractivity contribution in [3.63, 3.8) is 0 Å². The van der Waals surface area contributed by atoms with Crippen LogP contribution in [0.1, 0.15) is 17.5 Å². The molecule has 2 rings (SSSR count). The number of hydrogen-bond acceptors (Lipinski definition) is 3. The van der Waals surface area contributed by atoms with Crippen molar-refractivity contribution >= 4 is 11.8 Å².